The lowest BCUT2D eigenvalue weighted by atomic mass is 10.1. The Morgan fingerprint density at radius 3 is 2.79 bits per heavy atom. The highest BCUT2D eigenvalue weighted by Gasteiger charge is 2.17. The highest BCUT2D eigenvalue weighted by atomic mass is 19.1. The number of fused-ring (bicyclic) bond motifs is 1. The van der Waals surface area contributed by atoms with Crippen LogP contribution >= 0.6 is 0 Å². The van der Waals surface area contributed by atoms with Gasteiger partial charge in [-0.3, -0.25) is 4.79 Å². The van der Waals surface area contributed by atoms with Crippen molar-refractivity contribution < 1.29 is 18.4 Å². The third kappa shape index (κ3) is 4.44. The maximum atomic E-state index is 14.8. The normalized spacial score (nSPS) is 13.6. The summed E-state index contributed by atoms with van der Waals surface area (Å²) in [7, 11) is 0. The van der Waals surface area contributed by atoms with Gasteiger partial charge in [0.25, 0.3) is 0 Å². The zero-order valence-corrected chi connectivity index (χ0v) is 18.1. The predicted molar refractivity (Wildman–Crippen MR) is 127 cm³/mol. The molecule has 2 aromatic heterocycles. The van der Waals surface area contributed by atoms with Gasteiger partial charge in [-0.05, 0) is 36.4 Å². The van der Waals surface area contributed by atoms with Gasteiger partial charge in [-0.1, -0.05) is 23.9 Å². The Bertz CT molecular complexity index is 1370. The number of carbonyl (C=O) groups excluding carboxylic acids is 1. The number of nitrogens with one attached hydrogen (secondary N) is 2. The number of carbonyl (C=O) groups is 1. The fraction of sp³-hybridized carbons (Fsp3) is 0.167. The number of hydrogen-bond acceptors (Lipinski definition) is 8. The number of amides is 1. The first-order valence-electron chi connectivity index (χ1n) is 10.7. The van der Waals surface area contributed by atoms with Crippen LogP contribution in [0, 0.1) is 5.82 Å². The van der Waals surface area contributed by atoms with Crippen molar-refractivity contribution in [2.24, 2.45) is 0 Å². The molecule has 1 saturated heterocycles. The van der Waals surface area contributed by atoms with Crippen LogP contribution in [0.1, 0.15) is 0 Å². The summed E-state index contributed by atoms with van der Waals surface area (Å²) in [4.78, 5) is 22.3. The first-order valence-corrected chi connectivity index (χ1v) is 10.7. The summed E-state index contributed by atoms with van der Waals surface area (Å²) in [6.07, 6.45) is 2.70. The van der Waals surface area contributed by atoms with Gasteiger partial charge in [0, 0.05) is 30.0 Å². The largest absolute Gasteiger partial charge is 0.378 e. The van der Waals surface area contributed by atoms with Crippen LogP contribution in [0.25, 0.3) is 22.4 Å². The van der Waals surface area contributed by atoms with Crippen LogP contribution in [0.15, 0.2) is 65.8 Å². The molecule has 10 heteroatoms. The number of hydrogen-bond donors (Lipinski definition) is 2. The summed E-state index contributed by atoms with van der Waals surface area (Å²) in [6.45, 7) is 5.92. The molecule has 0 atom stereocenters. The van der Waals surface area contributed by atoms with Crippen LogP contribution in [0.4, 0.5) is 27.4 Å². The average Bonchev–Trinajstić information content (AvgIpc) is 3.28. The molecular weight excluding hydrogens is 439 g/mol. The van der Waals surface area contributed by atoms with Crippen molar-refractivity contribution in [1.29, 1.82) is 0 Å². The molecule has 0 spiro atoms. The summed E-state index contributed by atoms with van der Waals surface area (Å²) in [5.41, 5.74) is 3.71. The molecule has 4 aromatic rings. The van der Waals surface area contributed by atoms with Crippen LogP contribution in [0.5, 0.6) is 0 Å². The minimum atomic E-state index is -0.336. The van der Waals surface area contributed by atoms with E-state index >= 15 is 0 Å². The lowest BCUT2D eigenvalue weighted by Crippen LogP contribution is -2.36. The molecule has 0 bridgehead atoms. The van der Waals surface area contributed by atoms with E-state index < -0.39 is 0 Å². The Morgan fingerprint density at radius 2 is 2.00 bits per heavy atom. The molecule has 2 N–H and O–H groups in total. The fourth-order valence-corrected chi connectivity index (χ4v) is 3.71. The van der Waals surface area contributed by atoms with Crippen molar-refractivity contribution >= 4 is 40.0 Å². The van der Waals surface area contributed by atoms with E-state index in [4.69, 9.17) is 9.26 Å². The van der Waals surface area contributed by atoms with Crippen molar-refractivity contribution in [3.63, 3.8) is 0 Å². The predicted octanol–water partition coefficient (Wildman–Crippen LogP) is 4.13. The first-order chi connectivity index (χ1) is 16.6. The number of ether oxygens (including phenoxy) is 1. The molecule has 9 nitrogen and oxygen atoms in total. The molecule has 1 aliphatic rings. The van der Waals surface area contributed by atoms with E-state index in [1.807, 2.05) is 11.0 Å². The van der Waals surface area contributed by atoms with Gasteiger partial charge in [0.2, 0.25) is 17.4 Å². The van der Waals surface area contributed by atoms with Crippen LogP contribution in [0.2, 0.25) is 0 Å². The molecule has 2 aromatic carbocycles. The summed E-state index contributed by atoms with van der Waals surface area (Å²) < 4.78 is 25.5. The van der Waals surface area contributed by atoms with Crippen molar-refractivity contribution in [2.75, 3.05) is 41.8 Å². The zero-order chi connectivity index (χ0) is 23.5. The zero-order valence-electron chi connectivity index (χ0n) is 18.1. The highest BCUT2D eigenvalue weighted by molar-refractivity contribution is 5.99. The number of halogens is 1. The van der Waals surface area contributed by atoms with E-state index in [0.29, 0.717) is 65.7 Å². The van der Waals surface area contributed by atoms with E-state index in [-0.39, 0.29) is 17.7 Å². The monoisotopic (exact) mass is 460 g/mol. The van der Waals surface area contributed by atoms with Gasteiger partial charge in [-0.15, -0.1) is 0 Å². The topological polar surface area (TPSA) is 105 Å². The van der Waals surface area contributed by atoms with Crippen LogP contribution in [-0.2, 0) is 9.53 Å². The molecule has 34 heavy (non-hydrogen) atoms. The molecule has 5 rings (SSSR count). The maximum Gasteiger partial charge on any atom is 0.247 e. The average molecular weight is 460 g/mol. The minimum Gasteiger partial charge on any atom is -0.378 e. The van der Waals surface area contributed by atoms with E-state index in [1.54, 1.807) is 30.3 Å². The Hall–Kier alpha value is -4.31. The van der Waals surface area contributed by atoms with Crippen LogP contribution in [-0.4, -0.2) is 47.3 Å². The summed E-state index contributed by atoms with van der Waals surface area (Å²) in [5, 5.41) is 9.87. The molecule has 0 saturated carbocycles. The minimum absolute atomic E-state index is 0.270. The number of rotatable bonds is 6. The van der Waals surface area contributed by atoms with Crippen molar-refractivity contribution in [2.45, 2.75) is 0 Å². The molecule has 3 heterocycles. The first kappa shape index (κ1) is 21.5. The summed E-state index contributed by atoms with van der Waals surface area (Å²) in [5.74, 6) is -0.383. The van der Waals surface area contributed by atoms with E-state index in [2.05, 4.69) is 32.3 Å². The number of morpholine rings is 1. The van der Waals surface area contributed by atoms with Gasteiger partial charge >= 0.3 is 0 Å². The number of benzene rings is 2. The second-order valence-corrected chi connectivity index (χ2v) is 7.60. The van der Waals surface area contributed by atoms with Crippen molar-refractivity contribution in [3.8, 4) is 11.3 Å². The second-order valence-electron chi connectivity index (χ2n) is 7.60. The maximum absolute atomic E-state index is 14.8. The number of nitrogens with zero attached hydrogens (tertiary/aromatic N) is 4. The number of aromatic nitrogens is 3. The molecular formula is C24H21FN6O3. The van der Waals surface area contributed by atoms with Crippen LogP contribution in [0.3, 0.4) is 0 Å². The Labute approximate surface area is 194 Å². The molecule has 0 aliphatic carbocycles. The fourth-order valence-electron chi connectivity index (χ4n) is 3.71. The summed E-state index contributed by atoms with van der Waals surface area (Å²) >= 11 is 0. The van der Waals surface area contributed by atoms with E-state index in [1.165, 1.54) is 18.3 Å². The smallest absolute Gasteiger partial charge is 0.247 e. The van der Waals surface area contributed by atoms with Gasteiger partial charge in [-0.2, -0.15) is 0 Å². The van der Waals surface area contributed by atoms with Crippen molar-refractivity contribution in [1.82, 2.24) is 15.1 Å². The van der Waals surface area contributed by atoms with E-state index in [0.717, 1.165) is 0 Å². The Morgan fingerprint density at radius 1 is 1.15 bits per heavy atom. The lowest BCUT2D eigenvalue weighted by molar-refractivity contribution is -0.111. The molecule has 172 valence electrons. The molecule has 1 fully saturated rings. The second kappa shape index (κ2) is 9.28. The third-order valence-electron chi connectivity index (χ3n) is 5.36. The molecule has 1 aliphatic heterocycles. The van der Waals surface area contributed by atoms with Gasteiger partial charge in [-0.25, -0.2) is 14.4 Å². The van der Waals surface area contributed by atoms with Gasteiger partial charge in [0.1, 0.15) is 17.0 Å². The highest BCUT2D eigenvalue weighted by Crippen LogP contribution is 2.30. The summed E-state index contributed by atoms with van der Waals surface area (Å²) in [6, 6.07) is 12.1. The van der Waals surface area contributed by atoms with Gasteiger partial charge < -0.3 is 24.8 Å². The van der Waals surface area contributed by atoms with Gasteiger partial charge in [0.05, 0.1) is 25.1 Å². The van der Waals surface area contributed by atoms with E-state index in [9.17, 15) is 9.18 Å². The lowest BCUT2D eigenvalue weighted by Gasteiger charge is -2.29. The Kier molecular flexibility index (Phi) is 5.88. The standard InChI is InChI=1S/C24H21FN6O3/c1-2-21(32)27-16-5-3-4-15(12-16)22-23-20(34-30-22)14-26-24(29-23)28-17-6-7-19(18(25)13-17)31-8-10-33-11-9-31/h2-7,12-14H,1,8-11H2,(H,27,32)(H,26,28,29). The quantitative estimate of drug-likeness (QED) is 0.414. The van der Waals surface area contributed by atoms with Crippen LogP contribution < -0.4 is 15.5 Å². The molecule has 1 amide bonds. The van der Waals surface area contributed by atoms with Gasteiger partial charge in [0.15, 0.2) is 0 Å². The molecule has 0 radical (unpaired) electrons. The third-order valence-corrected chi connectivity index (χ3v) is 5.36. The Balaban J connectivity index is 1.40. The SMILES string of the molecule is C=CC(=O)Nc1cccc(-c2noc3cnc(Nc4ccc(N5CCOCC5)c(F)c4)nc23)c1. The molecule has 0 unspecified atom stereocenters. The van der Waals surface area contributed by atoms with Crippen molar-refractivity contribution in [3.05, 3.63) is 67.1 Å². The number of anilines is 4.